The van der Waals surface area contributed by atoms with Gasteiger partial charge in [0.2, 0.25) is 0 Å². The van der Waals surface area contributed by atoms with Gasteiger partial charge in [0, 0.05) is 38.8 Å². The molecule has 0 radical (unpaired) electrons. The Morgan fingerprint density at radius 1 is 1.21 bits per heavy atom. The van der Waals surface area contributed by atoms with Crippen LogP contribution >= 0.6 is 0 Å². The van der Waals surface area contributed by atoms with Crippen LogP contribution in [0.3, 0.4) is 0 Å². The maximum Gasteiger partial charge on any atom is 0.157 e. The zero-order valence-corrected chi connectivity index (χ0v) is 11.6. The Morgan fingerprint density at radius 3 is 2.74 bits per heavy atom. The molecule has 5 nitrogen and oxygen atoms in total. The van der Waals surface area contributed by atoms with E-state index in [2.05, 4.69) is 29.2 Å². The van der Waals surface area contributed by atoms with Gasteiger partial charge in [-0.05, 0) is 31.8 Å². The van der Waals surface area contributed by atoms with Crippen LogP contribution in [0.25, 0.3) is 0 Å². The molecule has 106 valence electrons. The van der Waals surface area contributed by atoms with Crippen molar-refractivity contribution in [3.05, 3.63) is 23.8 Å². The molecular formula is C14H23N3O2. The van der Waals surface area contributed by atoms with Crippen LogP contribution in [-0.2, 0) is 6.54 Å². The third-order valence-electron chi connectivity index (χ3n) is 3.73. The van der Waals surface area contributed by atoms with E-state index in [0.717, 1.165) is 31.7 Å². The quantitative estimate of drug-likeness (QED) is 0.689. The third-order valence-corrected chi connectivity index (χ3v) is 3.73. The molecule has 0 saturated carbocycles. The van der Waals surface area contributed by atoms with Gasteiger partial charge in [0.15, 0.2) is 11.5 Å². The van der Waals surface area contributed by atoms with Crippen LogP contribution in [0.5, 0.6) is 11.5 Å². The summed E-state index contributed by atoms with van der Waals surface area (Å²) in [6.07, 6.45) is 0. The average Bonchev–Trinajstić information content (AvgIpc) is 2.38. The number of aromatic hydroxyl groups is 2. The summed E-state index contributed by atoms with van der Waals surface area (Å²) in [4.78, 5) is 4.72. The molecule has 0 bridgehead atoms. The van der Waals surface area contributed by atoms with E-state index < -0.39 is 0 Å². The van der Waals surface area contributed by atoms with Gasteiger partial charge >= 0.3 is 0 Å². The maximum atomic E-state index is 9.43. The third kappa shape index (κ3) is 3.83. The smallest absolute Gasteiger partial charge is 0.157 e. The predicted molar refractivity (Wildman–Crippen MR) is 75.4 cm³/mol. The number of benzene rings is 1. The van der Waals surface area contributed by atoms with Crippen LogP contribution < -0.4 is 5.32 Å². The van der Waals surface area contributed by atoms with E-state index in [9.17, 15) is 10.2 Å². The van der Waals surface area contributed by atoms with Crippen molar-refractivity contribution in [3.8, 4) is 11.5 Å². The summed E-state index contributed by atoms with van der Waals surface area (Å²) in [5.41, 5.74) is 0.974. The first-order chi connectivity index (χ1) is 9.06. The topological polar surface area (TPSA) is 59.0 Å². The van der Waals surface area contributed by atoms with Gasteiger partial charge in [-0.15, -0.1) is 0 Å². The molecule has 1 heterocycles. The fourth-order valence-corrected chi connectivity index (χ4v) is 2.38. The van der Waals surface area contributed by atoms with Crippen molar-refractivity contribution in [1.82, 2.24) is 15.1 Å². The number of nitrogens with one attached hydrogen (secondary N) is 1. The number of phenolic OH excluding ortho intramolecular Hbond substituents is 2. The molecule has 1 aromatic rings. The molecule has 19 heavy (non-hydrogen) atoms. The van der Waals surface area contributed by atoms with E-state index in [-0.39, 0.29) is 11.5 Å². The highest BCUT2D eigenvalue weighted by atomic mass is 16.3. The number of piperazine rings is 1. The predicted octanol–water partition coefficient (Wildman–Crippen LogP) is 0.433. The number of nitrogens with zero attached hydrogens (tertiary/aromatic N) is 2. The molecule has 1 unspecified atom stereocenters. The van der Waals surface area contributed by atoms with Crippen molar-refractivity contribution in [2.75, 3.05) is 40.3 Å². The second kappa shape index (κ2) is 6.23. The standard InChI is InChI=1S/C14H23N3O2/c1-16-5-6-17(2)12(10-16)9-15-8-11-3-4-13(18)14(19)7-11/h3-4,7,12,15,18-19H,5-6,8-10H2,1-2H3. The van der Waals surface area contributed by atoms with Crippen molar-refractivity contribution in [1.29, 1.82) is 0 Å². The molecule has 1 fully saturated rings. The van der Waals surface area contributed by atoms with E-state index >= 15 is 0 Å². The lowest BCUT2D eigenvalue weighted by molar-refractivity contribution is 0.113. The summed E-state index contributed by atoms with van der Waals surface area (Å²) < 4.78 is 0. The molecule has 2 rings (SSSR count). The molecule has 1 saturated heterocycles. The average molecular weight is 265 g/mol. The first-order valence-electron chi connectivity index (χ1n) is 6.66. The molecule has 0 aromatic heterocycles. The molecular weight excluding hydrogens is 242 g/mol. The minimum atomic E-state index is -0.0719. The zero-order valence-electron chi connectivity index (χ0n) is 11.6. The molecule has 5 heteroatoms. The number of phenols is 2. The minimum Gasteiger partial charge on any atom is -0.504 e. The Morgan fingerprint density at radius 2 is 2.00 bits per heavy atom. The lowest BCUT2D eigenvalue weighted by Crippen LogP contribution is -2.53. The van der Waals surface area contributed by atoms with Crippen LogP contribution in [-0.4, -0.2) is 66.3 Å². The second-order valence-electron chi connectivity index (χ2n) is 5.35. The molecule has 0 aliphatic carbocycles. The molecule has 0 amide bonds. The lowest BCUT2D eigenvalue weighted by Gasteiger charge is -2.37. The monoisotopic (exact) mass is 265 g/mol. The Balaban J connectivity index is 1.80. The summed E-state index contributed by atoms with van der Waals surface area (Å²) in [6, 6.07) is 5.45. The minimum absolute atomic E-state index is 0.0613. The van der Waals surface area contributed by atoms with Gasteiger partial charge in [0.1, 0.15) is 0 Å². The number of hydrogen-bond donors (Lipinski definition) is 3. The summed E-state index contributed by atoms with van der Waals surface area (Å²) in [6.45, 7) is 4.91. The second-order valence-corrected chi connectivity index (χ2v) is 5.35. The SMILES string of the molecule is CN1CCN(C)C(CNCc2ccc(O)c(O)c2)C1. The van der Waals surface area contributed by atoms with Crippen molar-refractivity contribution in [2.24, 2.45) is 0 Å². The summed E-state index contributed by atoms with van der Waals surface area (Å²) in [5, 5.41) is 22.1. The maximum absolute atomic E-state index is 9.43. The van der Waals surface area contributed by atoms with Crippen LogP contribution in [0, 0.1) is 0 Å². The van der Waals surface area contributed by atoms with Crippen LogP contribution in [0.15, 0.2) is 18.2 Å². The Hall–Kier alpha value is -1.30. The normalized spacial score (nSPS) is 21.7. The fraction of sp³-hybridized carbons (Fsp3) is 0.571. The highest BCUT2D eigenvalue weighted by Gasteiger charge is 2.21. The van der Waals surface area contributed by atoms with E-state index in [1.807, 2.05) is 6.07 Å². The molecule has 1 aromatic carbocycles. The van der Waals surface area contributed by atoms with E-state index in [4.69, 9.17) is 0 Å². The highest BCUT2D eigenvalue weighted by molar-refractivity contribution is 5.40. The molecule has 1 aliphatic heterocycles. The van der Waals surface area contributed by atoms with Gasteiger partial charge in [0.25, 0.3) is 0 Å². The number of hydrogen-bond acceptors (Lipinski definition) is 5. The Kier molecular flexibility index (Phi) is 4.63. The Labute approximate surface area is 114 Å². The largest absolute Gasteiger partial charge is 0.504 e. The van der Waals surface area contributed by atoms with Gasteiger partial charge < -0.3 is 20.4 Å². The van der Waals surface area contributed by atoms with Crippen LogP contribution in [0.4, 0.5) is 0 Å². The fourth-order valence-electron chi connectivity index (χ4n) is 2.38. The van der Waals surface area contributed by atoms with E-state index in [1.54, 1.807) is 6.07 Å². The van der Waals surface area contributed by atoms with Crippen LogP contribution in [0.2, 0.25) is 0 Å². The molecule has 0 spiro atoms. The van der Waals surface area contributed by atoms with Gasteiger partial charge in [-0.2, -0.15) is 0 Å². The molecule has 1 atom stereocenters. The van der Waals surface area contributed by atoms with E-state index in [1.165, 1.54) is 6.07 Å². The zero-order chi connectivity index (χ0) is 13.8. The van der Waals surface area contributed by atoms with Gasteiger partial charge in [0.05, 0.1) is 0 Å². The summed E-state index contributed by atoms with van der Waals surface area (Å²) in [7, 11) is 4.31. The number of likely N-dealkylation sites (N-methyl/N-ethyl adjacent to an activating group) is 2. The molecule has 1 aliphatic rings. The first kappa shape index (κ1) is 14.1. The van der Waals surface area contributed by atoms with E-state index in [0.29, 0.717) is 12.6 Å². The van der Waals surface area contributed by atoms with Gasteiger partial charge in [-0.25, -0.2) is 0 Å². The first-order valence-corrected chi connectivity index (χ1v) is 6.66. The van der Waals surface area contributed by atoms with Gasteiger partial charge in [-0.3, -0.25) is 4.90 Å². The Bertz CT molecular complexity index is 425. The van der Waals surface area contributed by atoms with Crippen molar-refractivity contribution < 1.29 is 10.2 Å². The highest BCUT2D eigenvalue weighted by Crippen LogP contribution is 2.24. The number of rotatable bonds is 4. The van der Waals surface area contributed by atoms with Crippen molar-refractivity contribution in [2.45, 2.75) is 12.6 Å². The van der Waals surface area contributed by atoms with Crippen LogP contribution in [0.1, 0.15) is 5.56 Å². The summed E-state index contributed by atoms with van der Waals surface area (Å²) in [5.74, 6) is -0.133. The van der Waals surface area contributed by atoms with Crippen molar-refractivity contribution >= 4 is 0 Å². The summed E-state index contributed by atoms with van der Waals surface area (Å²) >= 11 is 0. The van der Waals surface area contributed by atoms with Gasteiger partial charge in [-0.1, -0.05) is 6.07 Å². The van der Waals surface area contributed by atoms with Crippen molar-refractivity contribution in [3.63, 3.8) is 0 Å². The lowest BCUT2D eigenvalue weighted by atomic mass is 10.1. The molecule has 3 N–H and O–H groups in total.